The first-order chi connectivity index (χ1) is 36.3. The SMILES string of the molecule is Cc1cc(NC(=O)c2cn(C)c3ccccc23)[c-]cc1CC(=O)N1C[C@@H](C)C[C@H]1COC1CCC(C)CC1.F.FF.FF.FF.FF.FF.FF.FF.FF.FF.FF.FF.FF.FF.FF.FF.FF.FF.FF.[Y]. The van der Waals surface area contributed by atoms with E-state index in [4.69, 9.17) is 169 Å². The maximum atomic E-state index is 13.4. The van der Waals surface area contributed by atoms with Crippen molar-refractivity contribution in [3.8, 4) is 0 Å². The second kappa shape index (κ2) is 110. The molecule has 0 unspecified atom stereocenters. The summed E-state index contributed by atoms with van der Waals surface area (Å²) in [6, 6.07) is 15.0. The molecule has 2 aromatic carbocycles. The number of hydrogen-bond donors (Lipinski definition) is 1. The number of nitrogens with one attached hydrogen (secondary N) is 1. The summed E-state index contributed by atoms with van der Waals surface area (Å²) in [7, 11) is 1.94. The third-order valence-electron chi connectivity index (χ3n) is 8.43. The normalized spacial score (nSPS) is 13.2. The van der Waals surface area contributed by atoms with Crippen LogP contribution in [-0.4, -0.2) is 46.6 Å². The smallest absolute Gasteiger partial charge is 0.256 e. The Morgan fingerprint density at radius 2 is 0.987 bits per heavy atom. The fraction of sp³-hybridized carbons (Fsp3) is 0.500. The molecule has 44 heteroatoms. The van der Waals surface area contributed by atoms with Gasteiger partial charge < -0.3 is 19.5 Å². The number of carbonyl (C=O) groups is 2. The molecule has 1 radical (unpaired) electrons. The van der Waals surface area contributed by atoms with Crippen LogP contribution >= 0.6 is 0 Å². The molecule has 6 nitrogen and oxygen atoms in total. The van der Waals surface area contributed by atoms with E-state index >= 15 is 0 Å². The topological polar surface area (TPSA) is 63.6 Å². The maximum absolute atomic E-state index is 13.4. The number of likely N-dealkylation sites (tertiary alicyclic amines) is 1. The van der Waals surface area contributed by atoms with Crippen molar-refractivity contribution < 1.29 is 216 Å². The van der Waals surface area contributed by atoms with Crippen LogP contribution in [0.25, 0.3) is 10.9 Å². The molecule has 0 spiro atoms. The number of carbonyl (C=O) groups excluding carboxylic acids is 2. The summed E-state index contributed by atoms with van der Waals surface area (Å²) in [5, 5.41) is 3.90. The van der Waals surface area contributed by atoms with E-state index in [-0.39, 0.29) is 55.3 Å². The average molecular weight is 1310 g/mol. The fourth-order valence-electron chi connectivity index (χ4n) is 6.13. The van der Waals surface area contributed by atoms with E-state index in [9.17, 15) is 9.59 Å². The Bertz CT molecular complexity index is 1390. The molecule has 2 amide bonds. The Labute approximate surface area is 428 Å². The van der Waals surface area contributed by atoms with E-state index in [1.165, 1.54) is 12.8 Å². The van der Waals surface area contributed by atoms with E-state index in [1.54, 1.807) is 0 Å². The molecule has 2 heterocycles. The van der Waals surface area contributed by atoms with Crippen LogP contribution in [0.2, 0.25) is 0 Å². The van der Waals surface area contributed by atoms with Gasteiger partial charge in [0, 0.05) is 234 Å². The fourth-order valence-corrected chi connectivity index (χ4v) is 6.13. The van der Waals surface area contributed by atoms with Gasteiger partial charge in [0.2, 0.25) is 5.91 Å². The molecule has 1 N–H and O–H groups in total. The van der Waals surface area contributed by atoms with Crippen LogP contribution in [0.1, 0.15) is 67.4 Å². The molecule has 1 saturated heterocycles. The van der Waals surface area contributed by atoms with Crippen LogP contribution in [0.5, 0.6) is 0 Å². The minimum absolute atomic E-state index is 0. The number of ether oxygens (including phenoxy) is 1. The van der Waals surface area contributed by atoms with Crippen molar-refractivity contribution in [2.24, 2.45) is 18.9 Å². The van der Waals surface area contributed by atoms with Crippen LogP contribution in [0.15, 0.2) is 42.6 Å². The Morgan fingerprint density at radius 1 is 0.605 bits per heavy atom. The number of aryl methyl sites for hydroxylation is 2. The standard InChI is InChI=1S/C32H40N3O3.18F2.FH.Y/c1-21-9-13-27(14-10-21)38-20-26-15-22(2)18-35(26)31(36)17-24-11-12-25(16-23(24)3)33-32(37)29-19-34(4)30-8-6-5-7-28(29)30;18*1-2;;/h5-8,11,16,19,21-22,26-27H,9-10,13-15,17-18,20H2,1-4H3,(H,33,37);;;;;;;;;;;;;;;;;;;1H;/q-1;;;;;;;;;;;;;;;;;;;;/t21?,22-,26-,27?;;;;;;;;;;;;;;;;;;;;/m0..................../s1. The summed E-state index contributed by atoms with van der Waals surface area (Å²) in [6.07, 6.45) is 8.28. The first kappa shape index (κ1) is 115. The maximum Gasteiger partial charge on any atom is 0.256 e. The van der Waals surface area contributed by atoms with E-state index in [1.807, 2.05) is 66.0 Å². The predicted molar refractivity (Wildman–Crippen MR) is 194 cm³/mol. The number of benzene rings is 2. The predicted octanol–water partition coefficient (Wildman–Crippen LogP) is 21.2. The first-order valence-electron chi connectivity index (χ1n) is 16.6. The molecule has 1 aliphatic carbocycles. The van der Waals surface area contributed by atoms with Crippen molar-refractivity contribution in [1.82, 2.24) is 9.47 Å². The summed E-state index contributed by atoms with van der Waals surface area (Å²) in [5.41, 5.74) is 4.17. The molecule has 2 atom stereocenters. The van der Waals surface area contributed by atoms with Gasteiger partial charge in [-0.05, 0) is 50.0 Å². The van der Waals surface area contributed by atoms with Crippen LogP contribution in [0, 0.1) is 24.8 Å². The van der Waals surface area contributed by atoms with Gasteiger partial charge in [0.05, 0.1) is 24.3 Å². The van der Waals surface area contributed by atoms with Gasteiger partial charge in [-0.3, -0.25) is 14.3 Å². The van der Waals surface area contributed by atoms with Crippen LogP contribution < -0.4 is 5.32 Å². The number of aromatic nitrogens is 1. The quantitative estimate of drug-likeness (QED) is 0.189. The largest absolute Gasteiger partial charge is 0.376 e. The summed E-state index contributed by atoms with van der Waals surface area (Å²) in [4.78, 5) is 28.4. The van der Waals surface area contributed by atoms with Crippen molar-refractivity contribution in [3.05, 3.63) is 65.4 Å². The van der Waals surface area contributed by atoms with E-state index in [0.717, 1.165) is 53.8 Å². The van der Waals surface area contributed by atoms with Gasteiger partial charge >= 0.3 is 0 Å². The number of anilines is 1. The average Bonchev–Trinajstić information content (AvgIpc) is 4.09. The monoisotopic (exact) mass is 1310 g/mol. The summed E-state index contributed by atoms with van der Waals surface area (Å²) in [5.74, 6) is 1.27. The van der Waals surface area contributed by atoms with Gasteiger partial charge in [0.15, 0.2) is 0 Å². The molecule has 1 saturated carbocycles. The molecule has 2 aliphatic rings. The van der Waals surface area contributed by atoms with E-state index < -0.39 is 0 Å². The van der Waals surface area contributed by atoms with Gasteiger partial charge in [0.1, 0.15) is 0 Å². The minimum Gasteiger partial charge on any atom is -0.376 e. The van der Waals surface area contributed by atoms with E-state index in [2.05, 4.69) is 25.2 Å². The van der Waals surface area contributed by atoms with E-state index in [0.29, 0.717) is 36.3 Å². The Hall–Kier alpha value is -4.61. The van der Waals surface area contributed by atoms with Crippen LogP contribution in [-0.2, 0) is 55.7 Å². The summed E-state index contributed by atoms with van der Waals surface area (Å²) < 4.78 is 296. The number of halogens is 37. The van der Waals surface area contributed by atoms with Crippen molar-refractivity contribution in [1.29, 1.82) is 0 Å². The second-order valence-electron chi connectivity index (χ2n) is 11.6. The van der Waals surface area contributed by atoms with Crippen LogP contribution in [0.3, 0.4) is 0 Å². The Kier molecular flexibility index (Phi) is 168. The zero-order valence-corrected chi connectivity index (χ0v) is 40.6. The molecule has 465 valence electrons. The third kappa shape index (κ3) is 58.7. The van der Waals surface area contributed by atoms with Crippen molar-refractivity contribution in [2.75, 3.05) is 18.5 Å². The zero-order chi connectivity index (χ0) is 62.8. The number of fused-ring (bicyclic) bond motifs is 1. The Balaban J connectivity index is -0.0000000578. The molecule has 1 aromatic heterocycles. The minimum atomic E-state index is -0.164. The van der Waals surface area contributed by atoms with Crippen molar-refractivity contribution >= 4 is 28.4 Å². The number of amides is 2. The van der Waals surface area contributed by atoms with Gasteiger partial charge in [-0.25, -0.2) is 0 Å². The summed E-state index contributed by atoms with van der Waals surface area (Å²) >= 11 is 0. The molecule has 76 heavy (non-hydrogen) atoms. The Morgan fingerprint density at radius 3 is 1.37 bits per heavy atom. The number of rotatable bonds is 7. The van der Waals surface area contributed by atoms with Gasteiger partial charge in [0.25, 0.3) is 5.91 Å². The second-order valence-corrected chi connectivity index (χ2v) is 11.6. The molecule has 2 fully saturated rings. The van der Waals surface area contributed by atoms with Gasteiger partial charge in [-0.2, -0.15) is 17.7 Å². The van der Waals surface area contributed by atoms with Gasteiger partial charge in [-0.15, -0.1) is 11.6 Å². The van der Waals surface area contributed by atoms with Crippen LogP contribution in [0.4, 0.5) is 175 Å². The van der Waals surface area contributed by atoms with Crippen molar-refractivity contribution in [3.63, 3.8) is 0 Å². The van der Waals surface area contributed by atoms with Gasteiger partial charge in [-0.1, -0.05) is 44.7 Å². The molecule has 5 rings (SSSR count). The number of nitrogens with zero attached hydrogens (tertiary/aromatic N) is 2. The number of para-hydroxylation sites is 1. The molecular weight excluding hydrogens is 1270 g/mol. The molecule has 1 aliphatic heterocycles. The summed E-state index contributed by atoms with van der Waals surface area (Å²) in [6.45, 7) is 7.95. The third-order valence-corrected chi connectivity index (χ3v) is 8.43. The molecular formula is C32H41F37N3O3Y-. The molecule has 0 bridgehead atoms. The number of hydrogen-bond acceptors (Lipinski definition) is 3. The molecule has 3 aromatic rings. The van der Waals surface area contributed by atoms with Crippen molar-refractivity contribution in [2.45, 2.75) is 71.4 Å². The first-order valence-corrected chi connectivity index (χ1v) is 16.6. The zero-order valence-electron chi connectivity index (χ0n) is 37.7.